The summed E-state index contributed by atoms with van der Waals surface area (Å²) >= 11 is 0. The lowest BCUT2D eigenvalue weighted by atomic mass is 9.92. The number of hydrogen-bond acceptors (Lipinski definition) is 6. The van der Waals surface area contributed by atoms with Crippen LogP contribution in [0.5, 0.6) is 0 Å². The highest BCUT2D eigenvalue weighted by molar-refractivity contribution is 7.53. The Balaban J connectivity index is 1.97. The molecule has 1 heterocycles. The topological polar surface area (TPSA) is 128 Å². The van der Waals surface area contributed by atoms with Gasteiger partial charge in [0.2, 0.25) is 5.95 Å². The van der Waals surface area contributed by atoms with Gasteiger partial charge in [0, 0.05) is 26.0 Å². The molecule has 0 atom stereocenters. The van der Waals surface area contributed by atoms with Gasteiger partial charge in [0.25, 0.3) is 5.91 Å². The summed E-state index contributed by atoms with van der Waals surface area (Å²) in [5.74, 6) is -1.11. The van der Waals surface area contributed by atoms with Crippen molar-refractivity contribution in [3.8, 4) is 0 Å². The van der Waals surface area contributed by atoms with Crippen LogP contribution in [0.25, 0.3) is 0 Å². The van der Waals surface area contributed by atoms with Crippen LogP contribution in [-0.4, -0.2) is 44.7 Å². The van der Waals surface area contributed by atoms with Gasteiger partial charge in [-0.1, -0.05) is 38.1 Å². The first-order chi connectivity index (χ1) is 17.7. The third kappa shape index (κ3) is 5.98. The van der Waals surface area contributed by atoms with Crippen molar-refractivity contribution in [3.63, 3.8) is 0 Å². The average Bonchev–Trinajstić information content (AvgIpc) is 2.84. The fourth-order valence-corrected chi connectivity index (χ4v) is 5.43. The van der Waals surface area contributed by atoms with Crippen LogP contribution < -0.4 is 10.6 Å². The monoisotopic (exact) mass is 551 g/mol. The van der Waals surface area contributed by atoms with Crippen LogP contribution >= 0.6 is 7.60 Å². The molecule has 0 aliphatic carbocycles. The van der Waals surface area contributed by atoms with Crippen molar-refractivity contribution in [2.24, 2.45) is 0 Å². The van der Waals surface area contributed by atoms with Gasteiger partial charge in [0.1, 0.15) is 11.4 Å². The molecule has 38 heavy (non-hydrogen) atoms. The summed E-state index contributed by atoms with van der Waals surface area (Å²) in [6.07, 6.45) is -3.70. The molecular weight excluding hydrogens is 522 g/mol. The van der Waals surface area contributed by atoms with E-state index < -0.39 is 36.2 Å². The summed E-state index contributed by atoms with van der Waals surface area (Å²) in [5.41, 5.74) is 0.0184. The lowest BCUT2D eigenvalue weighted by Crippen LogP contribution is -2.24. The van der Waals surface area contributed by atoms with E-state index in [4.69, 9.17) is 0 Å². The molecule has 0 spiro atoms. The first kappa shape index (κ1) is 29.1. The van der Waals surface area contributed by atoms with Crippen molar-refractivity contribution >= 4 is 36.6 Å². The van der Waals surface area contributed by atoms with Gasteiger partial charge in [0.15, 0.2) is 0 Å². The summed E-state index contributed by atoms with van der Waals surface area (Å²) in [7, 11) is -1.41. The maximum atomic E-state index is 13.7. The van der Waals surface area contributed by atoms with Crippen LogP contribution in [0.2, 0.25) is 0 Å². The number of aromatic nitrogens is 2. The van der Waals surface area contributed by atoms with Gasteiger partial charge in [-0.25, -0.2) is 4.98 Å². The van der Waals surface area contributed by atoms with Gasteiger partial charge in [0.05, 0.1) is 16.4 Å². The first-order valence-corrected chi connectivity index (χ1v) is 13.3. The number of benzene rings is 2. The number of hydrogen-bond donors (Lipinski definition) is 4. The molecule has 13 heteroatoms. The molecule has 2 aromatic carbocycles. The molecule has 4 N–H and O–H groups in total. The van der Waals surface area contributed by atoms with Gasteiger partial charge in [-0.3, -0.25) is 9.36 Å². The van der Waals surface area contributed by atoms with E-state index in [2.05, 4.69) is 20.6 Å². The second-order valence-corrected chi connectivity index (χ2v) is 10.8. The number of nitrogens with one attached hydrogen (secondary N) is 2. The van der Waals surface area contributed by atoms with Gasteiger partial charge in [-0.15, -0.1) is 0 Å². The Morgan fingerprint density at radius 2 is 1.61 bits per heavy atom. The van der Waals surface area contributed by atoms with Crippen molar-refractivity contribution in [2.75, 3.05) is 24.7 Å². The highest BCUT2D eigenvalue weighted by Gasteiger charge is 2.45. The summed E-state index contributed by atoms with van der Waals surface area (Å²) in [6, 6.07) is 12.3. The molecule has 0 saturated heterocycles. The summed E-state index contributed by atoms with van der Waals surface area (Å²) in [6.45, 7) is 3.40. The minimum atomic E-state index is -4.77. The molecule has 0 unspecified atom stereocenters. The zero-order valence-electron chi connectivity index (χ0n) is 21.2. The van der Waals surface area contributed by atoms with E-state index in [9.17, 15) is 32.3 Å². The van der Waals surface area contributed by atoms with Crippen molar-refractivity contribution in [1.29, 1.82) is 0 Å². The Kier molecular flexibility index (Phi) is 8.50. The van der Waals surface area contributed by atoms with Crippen LogP contribution in [0, 0.1) is 0 Å². The summed E-state index contributed by atoms with van der Waals surface area (Å²) in [5, 5.41) is 4.10. The molecule has 1 aromatic heterocycles. The zero-order chi connectivity index (χ0) is 28.3. The fraction of sp³-hybridized carbons (Fsp3) is 0.320. The van der Waals surface area contributed by atoms with Crippen molar-refractivity contribution in [1.82, 2.24) is 14.9 Å². The predicted octanol–water partition coefficient (Wildman–Crippen LogP) is 5.88. The Labute approximate surface area is 218 Å². The van der Waals surface area contributed by atoms with E-state index in [1.807, 2.05) is 0 Å². The molecule has 3 aromatic rings. The lowest BCUT2D eigenvalue weighted by molar-refractivity contribution is -0.137. The van der Waals surface area contributed by atoms with E-state index in [1.54, 1.807) is 50.2 Å². The predicted molar refractivity (Wildman–Crippen MR) is 139 cm³/mol. The van der Waals surface area contributed by atoms with Gasteiger partial charge >= 0.3 is 13.8 Å². The first-order valence-electron chi connectivity index (χ1n) is 11.7. The number of carbonyl (C=O) groups is 1. The Hall–Kier alpha value is -3.47. The zero-order valence-corrected chi connectivity index (χ0v) is 22.1. The molecule has 204 valence electrons. The molecule has 0 fully saturated rings. The molecule has 0 aliphatic rings. The number of anilines is 4. The van der Waals surface area contributed by atoms with E-state index in [-0.39, 0.29) is 30.0 Å². The van der Waals surface area contributed by atoms with Gasteiger partial charge in [-0.2, -0.15) is 18.2 Å². The number of rotatable bonds is 9. The molecule has 0 radical (unpaired) electrons. The van der Waals surface area contributed by atoms with E-state index in [0.29, 0.717) is 17.4 Å². The van der Waals surface area contributed by atoms with Gasteiger partial charge < -0.3 is 25.3 Å². The second-order valence-electron chi connectivity index (χ2n) is 8.81. The average molecular weight is 552 g/mol. The Morgan fingerprint density at radius 3 is 2.13 bits per heavy atom. The lowest BCUT2D eigenvalue weighted by Gasteiger charge is -2.33. The third-order valence-electron chi connectivity index (χ3n) is 6.32. The van der Waals surface area contributed by atoms with Crippen molar-refractivity contribution in [3.05, 3.63) is 71.4 Å². The summed E-state index contributed by atoms with van der Waals surface area (Å²) in [4.78, 5) is 41.6. The number of nitrogens with zero attached hydrogens (tertiary/aromatic N) is 3. The minimum absolute atomic E-state index is 0.138. The molecule has 0 aliphatic heterocycles. The highest BCUT2D eigenvalue weighted by Crippen LogP contribution is 2.60. The number of amides is 1. The fourth-order valence-electron chi connectivity index (χ4n) is 4.12. The quantitative estimate of drug-likeness (QED) is 0.243. The standard InChI is InChI=1S/C25H29F3N5O4P/c1-5-24(6-2,38(35,36)37)16-11-13-17(14-12-16)30-23-29-15-19(25(26,27)28)21(32-23)31-20-10-8-7-9-18(20)22(34)33(3)4/h7-15H,5-6H2,1-4H3,(H2,35,36,37)(H2,29,30,31,32). The van der Waals surface area contributed by atoms with Crippen LogP contribution in [0.3, 0.4) is 0 Å². The van der Waals surface area contributed by atoms with Gasteiger partial charge in [-0.05, 0) is 42.7 Å². The molecular formula is C25H29F3N5O4P. The van der Waals surface area contributed by atoms with E-state index in [1.165, 1.54) is 31.1 Å². The largest absolute Gasteiger partial charge is 0.421 e. The normalized spacial score (nSPS) is 12.2. The smallest absolute Gasteiger partial charge is 0.345 e. The Morgan fingerprint density at radius 1 is 1.00 bits per heavy atom. The second kappa shape index (κ2) is 11.1. The highest BCUT2D eigenvalue weighted by atomic mass is 31.2. The van der Waals surface area contributed by atoms with Crippen molar-refractivity contribution in [2.45, 2.75) is 38.0 Å². The van der Waals surface area contributed by atoms with E-state index >= 15 is 0 Å². The SMILES string of the molecule is CCC(CC)(c1ccc(Nc2ncc(C(F)(F)F)c(Nc3ccccc3C(=O)N(C)C)n2)cc1)P(=O)(O)O. The van der Waals surface area contributed by atoms with Crippen LogP contribution in [-0.2, 0) is 15.9 Å². The number of para-hydroxylation sites is 1. The molecule has 9 nitrogen and oxygen atoms in total. The van der Waals surface area contributed by atoms with Crippen LogP contribution in [0.15, 0.2) is 54.7 Å². The van der Waals surface area contributed by atoms with Crippen LogP contribution in [0.4, 0.5) is 36.3 Å². The Bertz CT molecular complexity index is 1340. The maximum absolute atomic E-state index is 13.7. The third-order valence-corrected chi connectivity index (χ3v) is 8.32. The van der Waals surface area contributed by atoms with E-state index in [0.717, 1.165) is 0 Å². The molecule has 0 saturated carbocycles. The summed E-state index contributed by atoms with van der Waals surface area (Å²) < 4.78 is 53.4. The van der Waals surface area contributed by atoms with Crippen molar-refractivity contribution < 1.29 is 32.3 Å². The van der Waals surface area contributed by atoms with Crippen LogP contribution in [0.1, 0.15) is 48.2 Å². The number of alkyl halides is 3. The molecule has 3 rings (SSSR count). The number of carbonyl (C=O) groups excluding carboxylic acids is 1. The minimum Gasteiger partial charge on any atom is -0.345 e. The number of halogens is 3. The molecule has 1 amide bonds. The molecule has 0 bridgehead atoms. The maximum Gasteiger partial charge on any atom is 0.421 e.